The predicted molar refractivity (Wildman–Crippen MR) is 58.5 cm³/mol. The topological polar surface area (TPSA) is 80.4 Å². The first-order valence-corrected chi connectivity index (χ1v) is 4.70. The molecule has 0 aliphatic carbocycles. The Hall–Kier alpha value is -2.28. The highest BCUT2D eigenvalue weighted by atomic mass is 16.4. The van der Waals surface area contributed by atoms with Crippen LogP contribution in [0.1, 0.15) is 17.5 Å². The van der Waals surface area contributed by atoms with E-state index in [1.54, 1.807) is 18.2 Å². The Morgan fingerprint density at radius 1 is 1.38 bits per heavy atom. The van der Waals surface area contributed by atoms with Crippen molar-refractivity contribution >= 4 is 11.9 Å². The Kier molecular flexibility index (Phi) is 4.10. The van der Waals surface area contributed by atoms with Gasteiger partial charge in [-0.3, -0.25) is 9.59 Å². The molecule has 0 unspecified atom stereocenters. The number of hydrogen-bond acceptors (Lipinski definition) is 2. The summed E-state index contributed by atoms with van der Waals surface area (Å²) in [7, 11) is 0. The number of rotatable bonds is 3. The summed E-state index contributed by atoms with van der Waals surface area (Å²) in [4.78, 5) is 20.8. The van der Waals surface area contributed by atoms with Gasteiger partial charge in [-0.25, -0.2) is 0 Å². The van der Waals surface area contributed by atoms with Crippen LogP contribution in [0.2, 0.25) is 0 Å². The number of amides is 1. The molecule has 0 aliphatic rings. The number of hydrogen-bond donors (Lipinski definition) is 2. The minimum atomic E-state index is -0.839. The van der Waals surface area contributed by atoms with Gasteiger partial charge in [-0.2, -0.15) is 0 Å². The quantitative estimate of drug-likeness (QED) is 0.725. The first-order chi connectivity index (χ1) is 7.58. The highest BCUT2D eigenvalue weighted by Gasteiger charge is 1.99. The second-order valence-electron chi connectivity index (χ2n) is 3.21. The molecule has 0 fully saturated rings. The van der Waals surface area contributed by atoms with Crippen LogP contribution >= 0.6 is 0 Å². The van der Waals surface area contributed by atoms with Crippen molar-refractivity contribution in [2.24, 2.45) is 5.73 Å². The molecule has 0 spiro atoms. The van der Waals surface area contributed by atoms with Gasteiger partial charge in [-0.05, 0) is 30.0 Å². The second kappa shape index (κ2) is 5.56. The van der Waals surface area contributed by atoms with E-state index in [0.29, 0.717) is 12.0 Å². The van der Waals surface area contributed by atoms with Crippen molar-refractivity contribution in [1.82, 2.24) is 0 Å². The van der Waals surface area contributed by atoms with Crippen molar-refractivity contribution in [3.8, 4) is 11.8 Å². The molecule has 0 saturated heterocycles. The van der Waals surface area contributed by atoms with Crippen molar-refractivity contribution in [3.63, 3.8) is 0 Å². The van der Waals surface area contributed by atoms with Crippen LogP contribution in [-0.2, 0) is 16.0 Å². The SMILES string of the molecule is NC(=O)C#Cc1cccc(CCC(=O)O)c1. The van der Waals surface area contributed by atoms with E-state index in [0.717, 1.165) is 5.56 Å². The number of carboxylic acids is 1. The van der Waals surface area contributed by atoms with Gasteiger partial charge in [0.1, 0.15) is 0 Å². The van der Waals surface area contributed by atoms with Crippen molar-refractivity contribution in [2.45, 2.75) is 12.8 Å². The number of aliphatic carboxylic acids is 1. The van der Waals surface area contributed by atoms with Gasteiger partial charge >= 0.3 is 5.97 Å². The fourth-order valence-electron chi connectivity index (χ4n) is 1.19. The molecule has 0 radical (unpaired) electrons. The van der Waals surface area contributed by atoms with Gasteiger partial charge in [-0.1, -0.05) is 18.1 Å². The molecule has 3 N–H and O–H groups in total. The van der Waals surface area contributed by atoms with Gasteiger partial charge in [0.15, 0.2) is 0 Å². The average molecular weight is 217 g/mol. The predicted octanol–water partition coefficient (Wildman–Crippen LogP) is 0.541. The van der Waals surface area contributed by atoms with Crippen LogP contribution in [0.5, 0.6) is 0 Å². The van der Waals surface area contributed by atoms with E-state index >= 15 is 0 Å². The molecule has 0 heterocycles. The van der Waals surface area contributed by atoms with Crippen LogP contribution in [0.15, 0.2) is 24.3 Å². The summed E-state index contributed by atoms with van der Waals surface area (Å²) in [6, 6.07) is 7.07. The van der Waals surface area contributed by atoms with Gasteiger partial charge in [0.2, 0.25) is 0 Å². The number of primary amides is 1. The molecule has 0 bridgehead atoms. The summed E-state index contributed by atoms with van der Waals surface area (Å²) in [6.45, 7) is 0. The Balaban J connectivity index is 2.76. The van der Waals surface area contributed by atoms with Crippen LogP contribution in [0.4, 0.5) is 0 Å². The number of nitrogens with two attached hydrogens (primary N) is 1. The molecule has 1 amide bonds. The van der Waals surface area contributed by atoms with Crippen molar-refractivity contribution in [1.29, 1.82) is 0 Å². The molecule has 4 heteroatoms. The standard InChI is InChI=1S/C12H11NO3/c13-11(14)6-4-9-2-1-3-10(8-9)5-7-12(15)16/h1-3,8H,5,7H2,(H2,13,14)(H,15,16). The lowest BCUT2D eigenvalue weighted by molar-refractivity contribution is -0.137. The van der Waals surface area contributed by atoms with E-state index in [1.807, 2.05) is 6.07 Å². The van der Waals surface area contributed by atoms with Crippen LogP contribution in [0.3, 0.4) is 0 Å². The number of aryl methyl sites for hydroxylation is 1. The zero-order valence-electron chi connectivity index (χ0n) is 8.56. The Bertz CT molecular complexity index is 469. The Morgan fingerprint density at radius 3 is 2.75 bits per heavy atom. The summed E-state index contributed by atoms with van der Waals surface area (Å²) in [5, 5.41) is 8.53. The van der Waals surface area contributed by atoms with Crippen molar-refractivity contribution in [3.05, 3.63) is 35.4 Å². The molecular weight excluding hydrogens is 206 g/mol. The van der Waals surface area contributed by atoms with Gasteiger partial charge in [0, 0.05) is 12.0 Å². The maximum absolute atomic E-state index is 10.4. The number of carboxylic acid groups (broad SMARTS) is 1. The smallest absolute Gasteiger partial charge is 0.303 e. The number of benzene rings is 1. The lowest BCUT2D eigenvalue weighted by Crippen LogP contribution is -2.06. The first kappa shape index (κ1) is 11.8. The highest BCUT2D eigenvalue weighted by Crippen LogP contribution is 2.06. The third-order valence-corrected chi connectivity index (χ3v) is 1.88. The molecule has 0 aliphatic heterocycles. The minimum absolute atomic E-state index is 0.0761. The summed E-state index contributed by atoms with van der Waals surface area (Å²) in [5.41, 5.74) is 6.41. The van der Waals surface area contributed by atoms with E-state index < -0.39 is 11.9 Å². The molecule has 16 heavy (non-hydrogen) atoms. The average Bonchev–Trinajstić information content (AvgIpc) is 2.24. The molecule has 1 aromatic rings. The summed E-state index contributed by atoms with van der Waals surface area (Å²) in [6.07, 6.45) is 0.522. The summed E-state index contributed by atoms with van der Waals surface area (Å²) < 4.78 is 0. The molecule has 82 valence electrons. The maximum Gasteiger partial charge on any atom is 0.303 e. The van der Waals surface area contributed by atoms with E-state index in [-0.39, 0.29) is 6.42 Å². The zero-order valence-corrected chi connectivity index (χ0v) is 8.56. The van der Waals surface area contributed by atoms with Gasteiger partial charge in [0.05, 0.1) is 0 Å². The van der Waals surface area contributed by atoms with E-state index in [1.165, 1.54) is 0 Å². The highest BCUT2D eigenvalue weighted by molar-refractivity contribution is 5.92. The number of carbonyl (C=O) groups is 2. The fourth-order valence-corrected chi connectivity index (χ4v) is 1.19. The lowest BCUT2D eigenvalue weighted by Gasteiger charge is -1.98. The minimum Gasteiger partial charge on any atom is -0.481 e. The van der Waals surface area contributed by atoms with Gasteiger partial charge in [0.25, 0.3) is 5.91 Å². The molecule has 0 atom stereocenters. The van der Waals surface area contributed by atoms with Crippen LogP contribution in [0.25, 0.3) is 0 Å². The molecule has 1 rings (SSSR count). The monoisotopic (exact) mass is 217 g/mol. The largest absolute Gasteiger partial charge is 0.481 e. The normalized spacial score (nSPS) is 9.00. The molecule has 4 nitrogen and oxygen atoms in total. The van der Waals surface area contributed by atoms with Gasteiger partial charge in [-0.15, -0.1) is 0 Å². The first-order valence-electron chi connectivity index (χ1n) is 4.70. The lowest BCUT2D eigenvalue weighted by atomic mass is 10.1. The Morgan fingerprint density at radius 2 is 2.12 bits per heavy atom. The van der Waals surface area contributed by atoms with E-state index in [2.05, 4.69) is 11.8 Å². The summed E-state index contributed by atoms with van der Waals surface area (Å²) >= 11 is 0. The zero-order chi connectivity index (χ0) is 12.0. The number of carbonyl (C=O) groups excluding carboxylic acids is 1. The molecule has 0 aromatic heterocycles. The second-order valence-corrected chi connectivity index (χ2v) is 3.21. The maximum atomic E-state index is 10.4. The molecule has 0 saturated carbocycles. The van der Waals surface area contributed by atoms with Crippen molar-refractivity contribution in [2.75, 3.05) is 0 Å². The third kappa shape index (κ3) is 4.29. The van der Waals surface area contributed by atoms with Crippen molar-refractivity contribution < 1.29 is 14.7 Å². The molecule has 1 aromatic carbocycles. The summed E-state index contributed by atoms with van der Waals surface area (Å²) in [5.74, 6) is 3.30. The third-order valence-electron chi connectivity index (χ3n) is 1.88. The fraction of sp³-hybridized carbons (Fsp3) is 0.167. The van der Waals surface area contributed by atoms with E-state index in [4.69, 9.17) is 10.8 Å². The van der Waals surface area contributed by atoms with Crippen LogP contribution in [-0.4, -0.2) is 17.0 Å². The van der Waals surface area contributed by atoms with Gasteiger partial charge < -0.3 is 10.8 Å². The van der Waals surface area contributed by atoms with Crippen LogP contribution in [0, 0.1) is 11.8 Å². The van der Waals surface area contributed by atoms with E-state index in [9.17, 15) is 9.59 Å². The molecular formula is C12H11NO3. The van der Waals surface area contributed by atoms with Crippen LogP contribution < -0.4 is 5.73 Å². The Labute approximate surface area is 93.1 Å².